The second kappa shape index (κ2) is 12.1. The lowest BCUT2D eigenvalue weighted by Gasteiger charge is -2.04. The summed E-state index contributed by atoms with van der Waals surface area (Å²) in [6.45, 7) is 2.11. The zero-order valence-corrected chi connectivity index (χ0v) is 11.9. The van der Waals surface area contributed by atoms with Crippen molar-refractivity contribution in [3.63, 3.8) is 0 Å². The smallest absolute Gasteiger partial charge is 0.234 e. The van der Waals surface area contributed by atoms with E-state index < -0.39 is 0 Å². The number of ether oxygens (including phenoxy) is 1. The molecule has 0 fully saturated rings. The van der Waals surface area contributed by atoms with Crippen molar-refractivity contribution in [1.82, 2.24) is 15.6 Å². The van der Waals surface area contributed by atoms with Crippen molar-refractivity contribution in [2.45, 2.75) is 6.54 Å². The number of carbonyl (C=O) groups is 1. The molecule has 0 saturated carbocycles. The van der Waals surface area contributed by atoms with Crippen LogP contribution in [0.3, 0.4) is 0 Å². The molecule has 0 aliphatic carbocycles. The SMILES string of the molecule is COCCNCC(=O)NCc1nccs1.Cl.Cl. The Labute approximate surface area is 117 Å². The maximum atomic E-state index is 11.3. The van der Waals surface area contributed by atoms with E-state index in [1.165, 1.54) is 11.3 Å². The molecule has 0 aliphatic rings. The number of aromatic nitrogens is 1. The van der Waals surface area contributed by atoms with E-state index in [-0.39, 0.29) is 30.7 Å². The molecule has 0 radical (unpaired) electrons. The van der Waals surface area contributed by atoms with Crippen LogP contribution in [0.5, 0.6) is 0 Å². The predicted octanol–water partition coefficient (Wildman–Crippen LogP) is 0.839. The molecule has 0 aromatic carbocycles. The lowest BCUT2D eigenvalue weighted by molar-refractivity contribution is -0.120. The number of nitrogens with one attached hydrogen (secondary N) is 2. The molecule has 1 rings (SSSR count). The molecule has 5 nitrogen and oxygen atoms in total. The van der Waals surface area contributed by atoms with Crippen molar-refractivity contribution in [2.75, 3.05) is 26.8 Å². The van der Waals surface area contributed by atoms with Crippen LogP contribution in [0.2, 0.25) is 0 Å². The van der Waals surface area contributed by atoms with Crippen molar-refractivity contribution >= 4 is 42.1 Å². The Morgan fingerprint density at radius 2 is 2.29 bits per heavy atom. The zero-order valence-electron chi connectivity index (χ0n) is 9.47. The second-order valence-electron chi connectivity index (χ2n) is 2.87. The number of thiazole rings is 1. The largest absolute Gasteiger partial charge is 0.383 e. The molecule has 100 valence electrons. The van der Waals surface area contributed by atoms with Crippen LogP contribution in [-0.2, 0) is 16.1 Å². The van der Waals surface area contributed by atoms with Gasteiger partial charge in [0.25, 0.3) is 0 Å². The Kier molecular flexibility index (Phi) is 13.5. The summed E-state index contributed by atoms with van der Waals surface area (Å²) in [6.07, 6.45) is 1.73. The first kappa shape index (κ1) is 19.0. The molecule has 17 heavy (non-hydrogen) atoms. The molecule has 0 spiro atoms. The van der Waals surface area contributed by atoms with Gasteiger partial charge >= 0.3 is 0 Å². The molecule has 1 aromatic heterocycles. The first-order valence-corrected chi connectivity index (χ1v) is 5.55. The van der Waals surface area contributed by atoms with Crippen LogP contribution >= 0.6 is 36.2 Å². The highest BCUT2D eigenvalue weighted by molar-refractivity contribution is 7.09. The number of methoxy groups -OCH3 is 1. The van der Waals surface area contributed by atoms with Crippen LogP contribution in [0.15, 0.2) is 11.6 Å². The van der Waals surface area contributed by atoms with Gasteiger partial charge in [-0.1, -0.05) is 0 Å². The van der Waals surface area contributed by atoms with Gasteiger partial charge in [0.2, 0.25) is 5.91 Å². The van der Waals surface area contributed by atoms with Crippen LogP contribution in [0.25, 0.3) is 0 Å². The molecule has 0 bridgehead atoms. The lowest BCUT2D eigenvalue weighted by Crippen LogP contribution is -2.34. The molecule has 2 N–H and O–H groups in total. The van der Waals surface area contributed by atoms with Crippen LogP contribution in [0, 0.1) is 0 Å². The normalized spacial score (nSPS) is 9.00. The quantitative estimate of drug-likeness (QED) is 0.733. The Morgan fingerprint density at radius 1 is 1.53 bits per heavy atom. The number of rotatable bonds is 7. The third kappa shape index (κ3) is 9.31. The fourth-order valence-electron chi connectivity index (χ4n) is 0.953. The average Bonchev–Trinajstić information content (AvgIpc) is 2.74. The molecule has 1 amide bonds. The fourth-order valence-corrected chi connectivity index (χ4v) is 1.51. The van der Waals surface area contributed by atoms with Gasteiger partial charge < -0.3 is 15.4 Å². The Morgan fingerprint density at radius 3 is 2.88 bits per heavy atom. The molecule has 0 atom stereocenters. The molecule has 0 unspecified atom stereocenters. The maximum Gasteiger partial charge on any atom is 0.234 e. The van der Waals surface area contributed by atoms with Crippen LogP contribution < -0.4 is 10.6 Å². The Bertz CT molecular complexity index is 286. The predicted molar refractivity (Wildman–Crippen MR) is 73.2 cm³/mol. The number of hydrogen-bond acceptors (Lipinski definition) is 5. The molecule has 1 aromatic rings. The summed E-state index contributed by atoms with van der Waals surface area (Å²) in [6, 6.07) is 0. The van der Waals surface area contributed by atoms with E-state index in [2.05, 4.69) is 15.6 Å². The minimum absolute atomic E-state index is 0. The Hall–Kier alpha value is -0.400. The fraction of sp³-hybridized carbons (Fsp3) is 0.556. The van der Waals surface area contributed by atoms with E-state index in [1.807, 2.05) is 5.38 Å². The summed E-state index contributed by atoms with van der Waals surface area (Å²) in [7, 11) is 1.63. The first-order chi connectivity index (χ1) is 7.33. The van der Waals surface area contributed by atoms with Crippen LogP contribution in [0.1, 0.15) is 5.01 Å². The monoisotopic (exact) mass is 301 g/mol. The standard InChI is InChI=1S/C9H15N3O2S.2ClH/c1-14-4-2-10-6-8(13)12-7-9-11-3-5-15-9;;/h3,5,10H,2,4,6-7H2,1H3,(H,12,13);2*1H. The highest BCUT2D eigenvalue weighted by Gasteiger charge is 2.01. The first-order valence-electron chi connectivity index (χ1n) is 4.67. The van der Waals surface area contributed by atoms with E-state index in [4.69, 9.17) is 4.74 Å². The van der Waals surface area contributed by atoms with Gasteiger partial charge in [0.1, 0.15) is 5.01 Å². The topological polar surface area (TPSA) is 63.2 Å². The van der Waals surface area contributed by atoms with Gasteiger partial charge in [-0.25, -0.2) is 4.98 Å². The van der Waals surface area contributed by atoms with Crippen LogP contribution in [-0.4, -0.2) is 37.7 Å². The maximum absolute atomic E-state index is 11.3. The van der Waals surface area contributed by atoms with Crippen molar-refractivity contribution in [3.8, 4) is 0 Å². The zero-order chi connectivity index (χ0) is 10.9. The van der Waals surface area contributed by atoms with E-state index in [1.54, 1.807) is 13.3 Å². The van der Waals surface area contributed by atoms with Gasteiger partial charge in [-0.15, -0.1) is 36.2 Å². The van der Waals surface area contributed by atoms with Gasteiger partial charge in [-0.2, -0.15) is 0 Å². The second-order valence-corrected chi connectivity index (χ2v) is 3.85. The third-order valence-corrected chi connectivity index (χ3v) is 2.47. The summed E-state index contributed by atoms with van der Waals surface area (Å²) in [5.74, 6) is -0.0266. The number of hydrogen-bond donors (Lipinski definition) is 2. The van der Waals surface area contributed by atoms with Crippen molar-refractivity contribution < 1.29 is 9.53 Å². The molecular weight excluding hydrogens is 285 g/mol. The van der Waals surface area contributed by atoms with Crippen molar-refractivity contribution in [3.05, 3.63) is 16.6 Å². The molecular formula is C9H17Cl2N3O2S. The van der Waals surface area contributed by atoms with E-state index in [9.17, 15) is 4.79 Å². The number of amides is 1. The van der Waals surface area contributed by atoms with Gasteiger partial charge in [-0.3, -0.25) is 4.79 Å². The minimum Gasteiger partial charge on any atom is -0.383 e. The van der Waals surface area contributed by atoms with E-state index in [0.717, 1.165) is 5.01 Å². The molecule has 0 saturated heterocycles. The molecule has 0 aliphatic heterocycles. The summed E-state index contributed by atoms with van der Waals surface area (Å²) in [4.78, 5) is 15.3. The highest BCUT2D eigenvalue weighted by atomic mass is 35.5. The summed E-state index contributed by atoms with van der Waals surface area (Å²) in [5, 5.41) is 8.53. The summed E-state index contributed by atoms with van der Waals surface area (Å²) >= 11 is 1.53. The highest BCUT2D eigenvalue weighted by Crippen LogP contribution is 2.01. The minimum atomic E-state index is -0.0266. The van der Waals surface area contributed by atoms with Gasteiger partial charge in [-0.05, 0) is 0 Å². The number of nitrogens with zero attached hydrogens (tertiary/aromatic N) is 1. The number of carbonyl (C=O) groups excluding carboxylic acids is 1. The Balaban J connectivity index is 0. The number of halogens is 2. The van der Waals surface area contributed by atoms with Gasteiger partial charge in [0.15, 0.2) is 0 Å². The average molecular weight is 302 g/mol. The van der Waals surface area contributed by atoms with Crippen molar-refractivity contribution in [2.24, 2.45) is 0 Å². The third-order valence-electron chi connectivity index (χ3n) is 1.69. The van der Waals surface area contributed by atoms with E-state index in [0.29, 0.717) is 26.2 Å². The summed E-state index contributed by atoms with van der Waals surface area (Å²) in [5.41, 5.74) is 0. The molecule has 1 heterocycles. The van der Waals surface area contributed by atoms with Crippen molar-refractivity contribution in [1.29, 1.82) is 0 Å². The lowest BCUT2D eigenvalue weighted by atomic mass is 10.5. The summed E-state index contributed by atoms with van der Waals surface area (Å²) < 4.78 is 4.84. The van der Waals surface area contributed by atoms with E-state index >= 15 is 0 Å². The molecule has 8 heteroatoms. The van der Waals surface area contributed by atoms with Crippen LogP contribution in [0.4, 0.5) is 0 Å². The van der Waals surface area contributed by atoms with Gasteiger partial charge in [0, 0.05) is 25.2 Å². The van der Waals surface area contributed by atoms with Gasteiger partial charge in [0.05, 0.1) is 19.7 Å².